The van der Waals surface area contributed by atoms with Crippen LogP contribution in [0.5, 0.6) is 5.88 Å². The topological polar surface area (TPSA) is 112 Å². The van der Waals surface area contributed by atoms with Crippen molar-refractivity contribution < 1.29 is 32.2 Å². The van der Waals surface area contributed by atoms with Gasteiger partial charge in [-0.05, 0) is 41.3 Å². The molecule has 0 aliphatic heterocycles. The Morgan fingerprint density at radius 2 is 1.80 bits per heavy atom. The van der Waals surface area contributed by atoms with E-state index in [1.807, 2.05) is 24.3 Å². The number of nitrogens with zero attached hydrogens (tertiary/aromatic N) is 5. The summed E-state index contributed by atoms with van der Waals surface area (Å²) in [6.45, 7) is 2.53. The molecule has 242 valence electrons. The highest BCUT2D eigenvalue weighted by molar-refractivity contribution is 6.30. The van der Waals surface area contributed by atoms with Crippen molar-refractivity contribution in [3.8, 4) is 11.9 Å². The van der Waals surface area contributed by atoms with E-state index in [0.717, 1.165) is 30.9 Å². The summed E-state index contributed by atoms with van der Waals surface area (Å²) in [5.74, 6) is -0.790. The number of nitriles is 1. The van der Waals surface area contributed by atoms with Gasteiger partial charge in [-0.2, -0.15) is 23.5 Å². The molecule has 0 aliphatic carbocycles. The Labute approximate surface area is 270 Å². The van der Waals surface area contributed by atoms with Crippen LogP contribution in [0, 0.1) is 11.3 Å². The third-order valence-corrected chi connectivity index (χ3v) is 7.06. The second-order valence-electron chi connectivity index (χ2n) is 9.96. The lowest BCUT2D eigenvalue weighted by molar-refractivity contribution is -0.141. The SMILES string of the molecule is CCCCC(C#N)(Cn1cncn1)c1ccc(Cl)cc1.CO/C=C(/C(=O)OC)c1ccccc1COc1cccc(C(F)(F)F)n1. The molecule has 0 aliphatic rings. The predicted octanol–water partition coefficient (Wildman–Crippen LogP) is 7.42. The minimum Gasteiger partial charge on any atom is -0.503 e. The normalized spacial score (nSPS) is 12.6. The van der Waals surface area contributed by atoms with Crippen molar-refractivity contribution >= 4 is 23.1 Å². The summed E-state index contributed by atoms with van der Waals surface area (Å²) in [7, 11) is 2.62. The number of hydrogen-bond donors (Lipinski definition) is 0. The van der Waals surface area contributed by atoms with Gasteiger partial charge in [-0.25, -0.2) is 14.8 Å². The number of pyridine rings is 1. The average molecular weight is 656 g/mol. The molecule has 0 N–H and O–H groups in total. The first kappa shape index (κ1) is 35.6. The van der Waals surface area contributed by atoms with Gasteiger partial charge in [-0.1, -0.05) is 73.8 Å². The van der Waals surface area contributed by atoms with Crippen LogP contribution in [0.1, 0.15) is 48.6 Å². The smallest absolute Gasteiger partial charge is 0.433 e. The number of rotatable bonds is 12. The largest absolute Gasteiger partial charge is 0.503 e. The molecule has 13 heteroatoms. The number of carbonyl (C=O) groups is 1. The Morgan fingerprint density at radius 3 is 2.41 bits per heavy atom. The van der Waals surface area contributed by atoms with E-state index < -0.39 is 23.3 Å². The van der Waals surface area contributed by atoms with Gasteiger partial charge in [0.2, 0.25) is 5.88 Å². The van der Waals surface area contributed by atoms with Crippen molar-refractivity contribution in [1.82, 2.24) is 19.7 Å². The molecule has 4 rings (SSSR count). The van der Waals surface area contributed by atoms with E-state index in [1.54, 1.807) is 35.3 Å². The fourth-order valence-corrected chi connectivity index (χ4v) is 4.60. The Balaban J connectivity index is 0.000000259. The molecule has 0 fully saturated rings. The number of alkyl halides is 3. The molecule has 1 atom stereocenters. The van der Waals surface area contributed by atoms with E-state index in [4.69, 9.17) is 25.8 Å². The van der Waals surface area contributed by atoms with E-state index >= 15 is 0 Å². The second kappa shape index (κ2) is 17.0. The standard InChI is InChI=1S/C18H16F3NO4.C15H17ClN4/c1-24-11-14(17(23)25-2)13-7-4-3-6-12(13)10-26-16-9-5-8-15(22-16)18(19,20)21;1-2-3-8-15(9-17,10-20-12-18-11-19-20)13-4-6-14(16)7-5-13/h3-9,11H,10H2,1-2H3;4-7,11-12H,2-3,8,10H2,1H3/b14-11+;. The van der Waals surface area contributed by atoms with Crippen LogP contribution in [-0.2, 0) is 39.0 Å². The maximum absolute atomic E-state index is 12.7. The summed E-state index contributed by atoms with van der Waals surface area (Å²) in [6, 6.07) is 20.1. The van der Waals surface area contributed by atoms with Crippen LogP contribution in [0.2, 0.25) is 5.02 Å². The van der Waals surface area contributed by atoms with E-state index in [1.165, 1.54) is 38.9 Å². The fourth-order valence-electron chi connectivity index (χ4n) is 4.47. The maximum Gasteiger partial charge on any atom is 0.433 e. The fraction of sp³-hybridized carbons (Fsp3) is 0.303. The molecule has 2 aromatic heterocycles. The first-order valence-corrected chi connectivity index (χ1v) is 14.5. The van der Waals surface area contributed by atoms with Crippen molar-refractivity contribution in [2.45, 2.75) is 50.9 Å². The van der Waals surface area contributed by atoms with Gasteiger partial charge in [-0.15, -0.1) is 0 Å². The minimum atomic E-state index is -4.56. The molecule has 0 radical (unpaired) electrons. The van der Waals surface area contributed by atoms with Crippen molar-refractivity contribution in [2.75, 3.05) is 14.2 Å². The maximum atomic E-state index is 12.7. The lowest BCUT2D eigenvalue weighted by Gasteiger charge is -2.27. The van der Waals surface area contributed by atoms with E-state index in [9.17, 15) is 23.2 Å². The van der Waals surface area contributed by atoms with Gasteiger partial charge in [-0.3, -0.25) is 4.68 Å². The van der Waals surface area contributed by atoms with Gasteiger partial charge in [0, 0.05) is 11.1 Å². The number of halogens is 4. The highest BCUT2D eigenvalue weighted by Crippen LogP contribution is 2.32. The Hall–Kier alpha value is -4.89. The minimum absolute atomic E-state index is 0.0947. The molecule has 4 aromatic rings. The van der Waals surface area contributed by atoms with Crippen LogP contribution in [0.4, 0.5) is 13.2 Å². The first-order chi connectivity index (χ1) is 22.1. The molecule has 9 nitrogen and oxygen atoms in total. The zero-order valence-electron chi connectivity index (χ0n) is 25.5. The van der Waals surface area contributed by atoms with Crippen LogP contribution >= 0.6 is 11.6 Å². The summed E-state index contributed by atoms with van der Waals surface area (Å²) in [5.41, 5.74) is 0.542. The van der Waals surface area contributed by atoms with Crippen LogP contribution in [0.25, 0.3) is 5.57 Å². The Morgan fingerprint density at radius 1 is 1.07 bits per heavy atom. The van der Waals surface area contributed by atoms with Gasteiger partial charge in [0.15, 0.2) is 0 Å². The molecule has 2 heterocycles. The van der Waals surface area contributed by atoms with E-state index in [2.05, 4.69) is 28.1 Å². The van der Waals surface area contributed by atoms with E-state index in [-0.39, 0.29) is 18.1 Å². The van der Waals surface area contributed by atoms with Crippen LogP contribution in [-0.4, -0.2) is 39.9 Å². The highest BCUT2D eigenvalue weighted by Gasteiger charge is 2.33. The Bertz CT molecular complexity index is 1620. The number of aromatic nitrogens is 4. The lowest BCUT2D eigenvalue weighted by atomic mass is 9.77. The quantitative estimate of drug-likeness (QED) is 0.0880. The van der Waals surface area contributed by atoms with Crippen molar-refractivity contribution in [1.29, 1.82) is 5.26 Å². The number of hydrogen-bond acceptors (Lipinski definition) is 8. The molecule has 0 saturated carbocycles. The number of methoxy groups -OCH3 is 2. The summed E-state index contributed by atoms with van der Waals surface area (Å²) in [4.78, 5) is 19.3. The molecular formula is C33H33ClF3N5O4. The second-order valence-corrected chi connectivity index (χ2v) is 10.4. The molecule has 1 unspecified atom stereocenters. The third-order valence-electron chi connectivity index (χ3n) is 6.80. The molecular weight excluding hydrogens is 623 g/mol. The van der Waals surface area contributed by atoms with Gasteiger partial charge >= 0.3 is 12.1 Å². The molecule has 0 amide bonds. The van der Waals surface area contributed by atoms with Gasteiger partial charge in [0.05, 0.1) is 33.1 Å². The van der Waals surface area contributed by atoms with Crippen LogP contribution < -0.4 is 4.74 Å². The lowest BCUT2D eigenvalue weighted by Crippen LogP contribution is -2.30. The van der Waals surface area contributed by atoms with Gasteiger partial charge < -0.3 is 14.2 Å². The van der Waals surface area contributed by atoms with Gasteiger partial charge in [0.1, 0.15) is 35.9 Å². The first-order valence-electron chi connectivity index (χ1n) is 14.1. The summed E-state index contributed by atoms with van der Waals surface area (Å²) in [5, 5.41) is 14.6. The van der Waals surface area contributed by atoms with Crippen LogP contribution in [0.15, 0.2) is 85.6 Å². The molecule has 0 bridgehead atoms. The van der Waals surface area contributed by atoms with E-state index in [0.29, 0.717) is 22.7 Å². The monoisotopic (exact) mass is 655 g/mol. The molecule has 46 heavy (non-hydrogen) atoms. The number of esters is 1. The highest BCUT2D eigenvalue weighted by atomic mass is 35.5. The predicted molar refractivity (Wildman–Crippen MR) is 165 cm³/mol. The molecule has 0 saturated heterocycles. The average Bonchev–Trinajstić information content (AvgIpc) is 3.58. The van der Waals surface area contributed by atoms with Gasteiger partial charge in [0.25, 0.3) is 0 Å². The zero-order chi connectivity index (χ0) is 33.6. The number of unbranched alkanes of at least 4 members (excludes halogenated alkanes) is 1. The number of benzene rings is 2. The molecule has 0 spiro atoms. The van der Waals surface area contributed by atoms with Crippen molar-refractivity contribution in [3.05, 3.63) is 113 Å². The Kier molecular flexibility index (Phi) is 13.1. The number of ether oxygens (including phenoxy) is 3. The summed E-state index contributed by atoms with van der Waals surface area (Å²) in [6.07, 6.45) is 2.64. The van der Waals surface area contributed by atoms with Crippen LogP contribution in [0.3, 0.4) is 0 Å². The summed E-state index contributed by atoms with van der Waals surface area (Å²) >= 11 is 5.94. The molecule has 2 aromatic carbocycles. The van der Waals surface area contributed by atoms with Crippen molar-refractivity contribution in [2.24, 2.45) is 0 Å². The zero-order valence-corrected chi connectivity index (χ0v) is 26.3. The van der Waals surface area contributed by atoms with Crippen molar-refractivity contribution in [3.63, 3.8) is 0 Å². The summed E-state index contributed by atoms with van der Waals surface area (Å²) < 4.78 is 54.9. The third kappa shape index (κ3) is 9.81. The number of carbonyl (C=O) groups excluding carboxylic acids is 1.